The first-order valence-corrected chi connectivity index (χ1v) is 4.65. The first kappa shape index (κ1) is 9.14. The van der Waals surface area contributed by atoms with Gasteiger partial charge in [-0.15, -0.1) is 0 Å². The van der Waals surface area contributed by atoms with E-state index in [9.17, 15) is 0 Å². The minimum atomic E-state index is 0.650. The molecule has 0 N–H and O–H groups in total. The van der Waals surface area contributed by atoms with Gasteiger partial charge in [-0.25, -0.2) is 14.6 Å². The van der Waals surface area contributed by atoms with Crippen LogP contribution in [0.15, 0.2) is 29.4 Å². The SMILES string of the molecule is COc1cnn(-c2cnc(Br)cn2)c1. The number of methoxy groups -OCH3 is 1. The highest BCUT2D eigenvalue weighted by molar-refractivity contribution is 9.10. The van der Waals surface area contributed by atoms with Crippen molar-refractivity contribution in [2.24, 2.45) is 0 Å². The highest BCUT2D eigenvalue weighted by Crippen LogP contribution is 2.11. The standard InChI is InChI=1S/C8H7BrN4O/c1-14-6-2-12-13(5-6)8-4-10-7(9)3-11-8/h2-5H,1H3. The summed E-state index contributed by atoms with van der Waals surface area (Å²) in [7, 11) is 1.59. The van der Waals surface area contributed by atoms with Crippen molar-refractivity contribution in [1.29, 1.82) is 0 Å². The van der Waals surface area contributed by atoms with E-state index in [-0.39, 0.29) is 0 Å². The zero-order valence-electron chi connectivity index (χ0n) is 7.38. The molecule has 2 rings (SSSR count). The van der Waals surface area contributed by atoms with E-state index in [0.717, 1.165) is 0 Å². The number of hydrogen-bond donors (Lipinski definition) is 0. The Labute approximate surface area is 88.9 Å². The van der Waals surface area contributed by atoms with Crippen molar-refractivity contribution in [3.05, 3.63) is 29.4 Å². The zero-order valence-corrected chi connectivity index (χ0v) is 8.97. The van der Waals surface area contributed by atoms with E-state index in [4.69, 9.17) is 4.74 Å². The number of aromatic nitrogens is 4. The summed E-state index contributed by atoms with van der Waals surface area (Å²) in [6, 6.07) is 0. The van der Waals surface area contributed by atoms with E-state index < -0.39 is 0 Å². The third kappa shape index (κ3) is 1.74. The van der Waals surface area contributed by atoms with Gasteiger partial charge in [0.25, 0.3) is 0 Å². The smallest absolute Gasteiger partial charge is 0.172 e. The van der Waals surface area contributed by atoms with Crippen LogP contribution in [0, 0.1) is 0 Å². The van der Waals surface area contributed by atoms with Gasteiger partial charge in [0, 0.05) is 0 Å². The van der Waals surface area contributed by atoms with E-state index in [0.29, 0.717) is 16.2 Å². The number of halogens is 1. The van der Waals surface area contributed by atoms with Crippen LogP contribution in [0.3, 0.4) is 0 Å². The van der Waals surface area contributed by atoms with E-state index >= 15 is 0 Å². The Hall–Kier alpha value is -1.43. The van der Waals surface area contributed by atoms with Gasteiger partial charge in [0.2, 0.25) is 0 Å². The van der Waals surface area contributed by atoms with Gasteiger partial charge < -0.3 is 4.74 Å². The van der Waals surface area contributed by atoms with Crippen molar-refractivity contribution in [1.82, 2.24) is 19.7 Å². The summed E-state index contributed by atoms with van der Waals surface area (Å²) < 4.78 is 7.29. The van der Waals surface area contributed by atoms with Crippen molar-refractivity contribution >= 4 is 15.9 Å². The molecule has 0 aliphatic rings. The summed E-state index contributed by atoms with van der Waals surface area (Å²) in [5.74, 6) is 1.34. The molecule has 0 amide bonds. The van der Waals surface area contributed by atoms with Gasteiger partial charge in [-0.3, -0.25) is 0 Å². The molecule has 2 aromatic heterocycles. The summed E-state index contributed by atoms with van der Waals surface area (Å²) in [6.07, 6.45) is 6.58. The fourth-order valence-corrected chi connectivity index (χ4v) is 1.17. The number of rotatable bonds is 2. The highest BCUT2D eigenvalue weighted by Gasteiger charge is 2.01. The van der Waals surface area contributed by atoms with E-state index in [1.165, 1.54) is 0 Å². The second kappa shape index (κ2) is 3.75. The average Bonchev–Trinajstić information content (AvgIpc) is 2.67. The Morgan fingerprint density at radius 1 is 1.29 bits per heavy atom. The van der Waals surface area contributed by atoms with Crippen LogP contribution >= 0.6 is 15.9 Å². The monoisotopic (exact) mass is 254 g/mol. The lowest BCUT2D eigenvalue weighted by atomic mass is 10.6. The van der Waals surface area contributed by atoms with Gasteiger partial charge in [-0.1, -0.05) is 0 Å². The molecule has 0 aliphatic carbocycles. The molecule has 72 valence electrons. The highest BCUT2D eigenvalue weighted by atomic mass is 79.9. The van der Waals surface area contributed by atoms with Crippen molar-refractivity contribution in [2.45, 2.75) is 0 Å². The van der Waals surface area contributed by atoms with Crippen LogP contribution in [-0.4, -0.2) is 26.9 Å². The molecule has 0 unspecified atom stereocenters. The summed E-state index contributed by atoms with van der Waals surface area (Å²) in [5.41, 5.74) is 0. The Morgan fingerprint density at radius 3 is 2.71 bits per heavy atom. The molecular formula is C8H7BrN4O. The summed E-state index contributed by atoms with van der Waals surface area (Å²) in [6.45, 7) is 0. The van der Waals surface area contributed by atoms with Crippen molar-refractivity contribution in [2.75, 3.05) is 7.11 Å². The molecule has 0 saturated heterocycles. The number of nitrogens with zero attached hydrogens (tertiary/aromatic N) is 4. The van der Waals surface area contributed by atoms with Gasteiger partial charge in [0.05, 0.1) is 31.9 Å². The first-order valence-electron chi connectivity index (χ1n) is 3.86. The topological polar surface area (TPSA) is 52.8 Å². The van der Waals surface area contributed by atoms with Gasteiger partial charge >= 0.3 is 0 Å². The van der Waals surface area contributed by atoms with E-state index in [1.807, 2.05) is 0 Å². The summed E-state index contributed by atoms with van der Waals surface area (Å²) in [4.78, 5) is 8.17. The van der Waals surface area contributed by atoms with Gasteiger partial charge in [0.1, 0.15) is 4.60 Å². The summed E-state index contributed by atoms with van der Waals surface area (Å²) >= 11 is 3.21. The fourth-order valence-electron chi connectivity index (χ4n) is 0.961. The molecule has 0 spiro atoms. The van der Waals surface area contributed by atoms with Crippen molar-refractivity contribution in [3.63, 3.8) is 0 Å². The van der Waals surface area contributed by atoms with Crippen LogP contribution in [0.25, 0.3) is 5.82 Å². The van der Waals surface area contributed by atoms with Crippen LogP contribution in [-0.2, 0) is 0 Å². The van der Waals surface area contributed by atoms with E-state index in [1.54, 1.807) is 36.6 Å². The zero-order chi connectivity index (χ0) is 9.97. The molecule has 0 saturated carbocycles. The Bertz CT molecular complexity index is 425. The van der Waals surface area contributed by atoms with Crippen molar-refractivity contribution in [3.8, 4) is 11.6 Å². The molecule has 14 heavy (non-hydrogen) atoms. The molecule has 0 aromatic carbocycles. The average molecular weight is 255 g/mol. The predicted octanol–water partition coefficient (Wildman–Crippen LogP) is 1.43. The molecule has 0 atom stereocenters. The number of hydrogen-bond acceptors (Lipinski definition) is 4. The van der Waals surface area contributed by atoms with Gasteiger partial charge in [-0.2, -0.15) is 5.10 Å². The Kier molecular flexibility index (Phi) is 2.45. The second-order valence-corrected chi connectivity index (χ2v) is 3.33. The Morgan fingerprint density at radius 2 is 2.14 bits per heavy atom. The maximum absolute atomic E-state index is 5.00. The third-order valence-electron chi connectivity index (χ3n) is 1.64. The molecule has 0 aliphatic heterocycles. The van der Waals surface area contributed by atoms with Crippen LogP contribution < -0.4 is 4.74 Å². The van der Waals surface area contributed by atoms with Crippen LogP contribution in [0.2, 0.25) is 0 Å². The fraction of sp³-hybridized carbons (Fsp3) is 0.125. The normalized spacial score (nSPS) is 10.1. The van der Waals surface area contributed by atoms with Crippen LogP contribution in [0.5, 0.6) is 5.75 Å². The van der Waals surface area contributed by atoms with Gasteiger partial charge in [0.15, 0.2) is 11.6 Å². The quantitative estimate of drug-likeness (QED) is 0.814. The molecule has 0 bridgehead atoms. The first-order chi connectivity index (χ1) is 6.79. The molecule has 6 heteroatoms. The molecule has 0 radical (unpaired) electrons. The maximum atomic E-state index is 5.00. The second-order valence-electron chi connectivity index (χ2n) is 2.52. The molecule has 0 fully saturated rings. The summed E-state index contributed by atoms with van der Waals surface area (Å²) in [5, 5.41) is 4.06. The Balaban J connectivity index is 2.34. The van der Waals surface area contributed by atoms with Crippen LogP contribution in [0.4, 0.5) is 0 Å². The number of ether oxygens (including phenoxy) is 1. The van der Waals surface area contributed by atoms with Crippen molar-refractivity contribution < 1.29 is 4.74 Å². The largest absolute Gasteiger partial charge is 0.493 e. The molecular weight excluding hydrogens is 248 g/mol. The van der Waals surface area contributed by atoms with E-state index in [2.05, 4.69) is 31.0 Å². The molecule has 2 aromatic rings. The lowest BCUT2D eigenvalue weighted by Crippen LogP contribution is -1.98. The van der Waals surface area contributed by atoms with Crippen LogP contribution in [0.1, 0.15) is 0 Å². The predicted molar refractivity (Wildman–Crippen MR) is 53.4 cm³/mol. The minimum absolute atomic E-state index is 0.650. The maximum Gasteiger partial charge on any atom is 0.172 e. The third-order valence-corrected chi connectivity index (χ3v) is 2.05. The lowest BCUT2D eigenvalue weighted by Gasteiger charge is -1.97. The van der Waals surface area contributed by atoms with Gasteiger partial charge in [-0.05, 0) is 15.9 Å². The minimum Gasteiger partial charge on any atom is -0.493 e. The molecule has 5 nitrogen and oxygen atoms in total. The molecule has 2 heterocycles. The lowest BCUT2D eigenvalue weighted by molar-refractivity contribution is 0.414.